The van der Waals surface area contributed by atoms with Crippen LogP contribution in [0.3, 0.4) is 0 Å². The molecule has 0 aliphatic heterocycles. The van der Waals surface area contributed by atoms with Gasteiger partial charge in [0.25, 0.3) is 0 Å². The largest absolute Gasteiger partial charge is 0.492 e. The summed E-state index contributed by atoms with van der Waals surface area (Å²) in [6.07, 6.45) is -4.28. The number of rotatable bonds is 43. The zero-order valence-corrected chi connectivity index (χ0v) is 51.1. The van der Waals surface area contributed by atoms with Crippen molar-refractivity contribution >= 4 is 98.6 Å². The van der Waals surface area contributed by atoms with Crippen molar-refractivity contribution in [1.82, 2.24) is 41.0 Å². The van der Waals surface area contributed by atoms with Crippen LogP contribution >= 0.6 is 21.6 Å². The number of carboxylic acid groups (broad SMARTS) is 5. The number of aliphatic carboxylic acids is 5. The Labute approximate surface area is 527 Å². The normalized spacial score (nSPS) is 12.9. The maximum atomic E-state index is 13.9. The molecule has 0 aliphatic carbocycles. The predicted molar refractivity (Wildman–Crippen MR) is 326 cm³/mol. The minimum Gasteiger partial charge on any atom is -0.492 e. The zero-order chi connectivity index (χ0) is 67.2. The molecular formula is C57H72N12O20S2. The van der Waals surface area contributed by atoms with E-state index in [1.54, 1.807) is 24.5 Å². The highest BCUT2D eigenvalue weighted by molar-refractivity contribution is 8.76. The minimum absolute atomic E-state index is 0.0367. The molecular weight excluding hydrogens is 1240 g/mol. The molecule has 4 amide bonds. The third-order valence-corrected chi connectivity index (χ3v) is 15.7. The van der Waals surface area contributed by atoms with Crippen LogP contribution in [0, 0.1) is 24.7 Å². The van der Waals surface area contributed by atoms with E-state index in [1.165, 1.54) is 11.9 Å². The molecule has 0 aliphatic rings. The molecule has 4 rings (SSSR count). The smallest absolute Gasteiger partial charge is 0.409 e. The van der Waals surface area contributed by atoms with E-state index in [0.29, 0.717) is 11.4 Å². The fourth-order valence-corrected chi connectivity index (χ4v) is 10.7. The van der Waals surface area contributed by atoms with E-state index in [2.05, 4.69) is 45.9 Å². The highest BCUT2D eigenvalue weighted by atomic mass is 33.1. The first-order valence-electron chi connectivity index (χ1n) is 28.0. The number of Topliss-reactive ketones (excluding diaryl/α,β-unsaturated/α-hetero) is 3. The maximum Gasteiger partial charge on any atom is 0.409 e. The minimum atomic E-state index is -1.99. The van der Waals surface area contributed by atoms with E-state index < -0.39 is 165 Å². The first kappa shape index (κ1) is 73.9. The van der Waals surface area contributed by atoms with Gasteiger partial charge in [-0.05, 0) is 74.7 Å². The van der Waals surface area contributed by atoms with E-state index in [0.717, 1.165) is 55.4 Å². The summed E-state index contributed by atoms with van der Waals surface area (Å²) in [7, 11) is 3.53. The number of nitrogens with zero attached hydrogens (tertiary/aromatic N) is 5. The number of carbonyl (C=O) groups is 12. The Balaban J connectivity index is 1.28. The number of ketones is 3. The Kier molecular flexibility index (Phi) is 31.0. The first-order valence-corrected chi connectivity index (χ1v) is 30.5. The number of aliphatic imine (C=N–C) groups is 1. The number of carboxylic acids is 5. The van der Waals surface area contributed by atoms with Crippen LogP contribution in [0.25, 0.3) is 33.8 Å². The SMILES string of the molecule is Cc1cccc(-c2cn[nH]c2-c2ccnc(-c3ccc(OCCN(C)C(=O)OCCSSC[C@H](NC(=O)[C@H](CC(=O)O)CC(=O)[C@H](CC(=O)O)NC(=O)[C@H](CCCN=C(N)N)CC(=O)[C@H](CC(=O)O)NC(=O)CC[C@H](CC(=O)CON)C(=O)O)C(=O)O)cc3)c2)n1. The number of aryl methyl sites for hydroxylation is 1. The van der Waals surface area contributed by atoms with Crippen molar-refractivity contribution in [3.63, 3.8) is 0 Å². The van der Waals surface area contributed by atoms with Gasteiger partial charge in [0.2, 0.25) is 17.7 Å². The van der Waals surface area contributed by atoms with Crippen LogP contribution in [0.2, 0.25) is 0 Å². The van der Waals surface area contributed by atoms with Crippen molar-refractivity contribution in [2.45, 2.75) is 89.3 Å². The summed E-state index contributed by atoms with van der Waals surface area (Å²) >= 11 is 0. The highest BCUT2D eigenvalue weighted by Gasteiger charge is 2.36. The summed E-state index contributed by atoms with van der Waals surface area (Å²) in [6.45, 7) is 1.34. The fourth-order valence-electron chi connectivity index (χ4n) is 8.71. The number of aromatic nitrogens is 4. The van der Waals surface area contributed by atoms with Crippen molar-refractivity contribution in [2.24, 2.45) is 40.1 Å². The molecule has 0 saturated heterocycles. The lowest BCUT2D eigenvalue weighted by atomic mass is 9.90. The number of carbonyl (C=O) groups excluding carboxylic acids is 7. The van der Waals surface area contributed by atoms with Crippen LogP contribution in [0.15, 0.2) is 72.0 Å². The van der Waals surface area contributed by atoms with Gasteiger partial charge in [-0.25, -0.2) is 15.5 Å². The summed E-state index contributed by atoms with van der Waals surface area (Å²) in [6, 6.07) is 11.3. The van der Waals surface area contributed by atoms with E-state index in [9.17, 15) is 83.1 Å². The molecule has 0 fully saturated rings. The van der Waals surface area contributed by atoms with E-state index in [-0.39, 0.29) is 56.6 Å². The van der Waals surface area contributed by atoms with Crippen LogP contribution in [0.1, 0.15) is 69.9 Å². The molecule has 32 nitrogen and oxygen atoms in total. The molecule has 3 heterocycles. The summed E-state index contributed by atoms with van der Waals surface area (Å²) in [4.78, 5) is 171. The lowest BCUT2D eigenvalue weighted by Gasteiger charge is -2.24. The molecule has 0 spiro atoms. The third kappa shape index (κ3) is 26.6. The van der Waals surface area contributed by atoms with Gasteiger partial charge in [-0.3, -0.25) is 72.8 Å². The van der Waals surface area contributed by atoms with Gasteiger partial charge in [-0.15, -0.1) is 0 Å². The average molecular weight is 1310 g/mol. The number of ether oxygens (including phenoxy) is 2. The topological polar surface area (TPSA) is 518 Å². The number of H-pyrrole nitrogens is 1. The lowest BCUT2D eigenvalue weighted by Crippen LogP contribution is -2.49. The number of hydrogen-bond acceptors (Lipinski definition) is 22. The molecule has 1 aromatic carbocycles. The molecule has 492 valence electrons. The highest BCUT2D eigenvalue weighted by Crippen LogP contribution is 2.32. The number of aromatic amines is 1. The van der Waals surface area contributed by atoms with Gasteiger partial charge >= 0.3 is 35.9 Å². The molecule has 0 radical (unpaired) electrons. The Morgan fingerprint density at radius 2 is 1.35 bits per heavy atom. The van der Waals surface area contributed by atoms with Crippen LogP contribution < -0.4 is 38.1 Å². The number of benzene rings is 1. The van der Waals surface area contributed by atoms with Crippen LogP contribution in [0.4, 0.5) is 4.79 Å². The predicted octanol–water partition coefficient (Wildman–Crippen LogP) is 1.84. The van der Waals surface area contributed by atoms with Crippen LogP contribution in [0.5, 0.6) is 5.75 Å². The summed E-state index contributed by atoms with van der Waals surface area (Å²) in [5.74, 6) is -14.0. The Hall–Kier alpha value is -9.54. The second kappa shape index (κ2) is 38.1. The van der Waals surface area contributed by atoms with Gasteiger partial charge in [0.15, 0.2) is 23.3 Å². The number of guanidine groups is 1. The average Bonchev–Trinajstić information content (AvgIpc) is 2.11. The van der Waals surface area contributed by atoms with E-state index in [1.807, 2.05) is 49.4 Å². The molecule has 91 heavy (non-hydrogen) atoms. The lowest BCUT2D eigenvalue weighted by molar-refractivity contribution is -0.145. The third-order valence-electron chi connectivity index (χ3n) is 13.4. The number of hydrogen-bond donors (Lipinski definition) is 12. The fraction of sp³-hybridized carbons (Fsp3) is 0.439. The zero-order valence-electron chi connectivity index (χ0n) is 49.5. The number of nitrogens with one attached hydrogen (secondary N) is 4. The number of nitrogens with two attached hydrogens (primary N) is 3. The van der Waals surface area contributed by atoms with Crippen molar-refractivity contribution in [2.75, 3.05) is 51.5 Å². The molecule has 15 N–H and O–H groups in total. The van der Waals surface area contributed by atoms with Crippen molar-refractivity contribution in [1.29, 1.82) is 0 Å². The van der Waals surface area contributed by atoms with Gasteiger partial charge in [-0.2, -0.15) is 5.10 Å². The first-order chi connectivity index (χ1) is 43.2. The van der Waals surface area contributed by atoms with Crippen molar-refractivity contribution < 1.29 is 97.4 Å². The van der Waals surface area contributed by atoms with Crippen LogP contribution in [-0.2, 0) is 62.3 Å². The molecule has 0 bridgehead atoms. The number of likely N-dealkylation sites (N-methyl/N-ethyl adjacent to an activating group) is 1. The summed E-state index contributed by atoms with van der Waals surface area (Å²) in [5, 5.41) is 62.4. The second-order valence-corrected chi connectivity index (χ2v) is 23.1. The van der Waals surface area contributed by atoms with Crippen LogP contribution in [-0.4, -0.2) is 197 Å². The standard InChI is InChI=1S/C57H72N12O20S2/c1-31-5-3-7-40(64-31)39-28-63-68-51(39)33-14-16-61-41(22-33)32-8-11-38(12-9-32)87-18-17-69(2)57(86)88-19-20-90-91-30-44(55(84)85)67-53(81)36(25-48(74)75)24-46(72)43(27-50(78)79)66-52(80)34(6-4-15-62-56(58)59)23-45(71)42(26-49(76)77)65-47(73)13-10-35(54(82)83)21-37(70)29-89-60/h3,5,7-9,11-12,14,16,22,28,34-36,42-44H,4,6,10,13,15,17-21,23-27,29-30,60H2,1-2H3,(H,63,68)(H,65,73)(H,66,80)(H,67,81)(H,74,75)(H,76,77)(H,78,79)(H,82,83)(H,84,85)(H4,58,59,62)/t34-,35-,36+,42+,43+,44+/m1/s1. The van der Waals surface area contributed by atoms with Crippen molar-refractivity contribution in [3.05, 3.63) is 72.7 Å². The van der Waals surface area contributed by atoms with Gasteiger partial charge in [0.05, 0.1) is 73.0 Å². The summed E-state index contributed by atoms with van der Waals surface area (Å²) in [5.41, 5.74) is 16.5. The summed E-state index contributed by atoms with van der Waals surface area (Å²) < 4.78 is 11.2. The molecule has 0 saturated carbocycles. The second-order valence-electron chi connectivity index (χ2n) is 20.5. The van der Waals surface area contributed by atoms with E-state index in [4.69, 9.17) is 26.8 Å². The molecule has 3 aromatic heterocycles. The number of amides is 4. The Morgan fingerprint density at radius 3 is 1.98 bits per heavy atom. The Bertz CT molecular complexity index is 3240. The quantitative estimate of drug-likeness (QED) is 0.00989. The van der Waals surface area contributed by atoms with Gasteiger partial charge in [0, 0.05) is 85.3 Å². The molecule has 6 atom stereocenters. The monoisotopic (exact) mass is 1310 g/mol. The molecule has 4 aromatic rings. The molecule has 0 unspecified atom stereocenters. The van der Waals surface area contributed by atoms with E-state index >= 15 is 0 Å². The van der Waals surface area contributed by atoms with Crippen molar-refractivity contribution in [3.8, 4) is 39.5 Å². The Morgan fingerprint density at radius 1 is 0.703 bits per heavy atom. The maximum absolute atomic E-state index is 13.9. The van der Waals surface area contributed by atoms with Gasteiger partial charge in [-0.1, -0.05) is 27.7 Å². The number of pyridine rings is 2. The van der Waals surface area contributed by atoms with Gasteiger partial charge < -0.3 is 67.3 Å². The van der Waals surface area contributed by atoms with Gasteiger partial charge in [0.1, 0.15) is 31.6 Å². The molecule has 34 heteroatoms.